The van der Waals surface area contributed by atoms with Gasteiger partial charge in [0.25, 0.3) is 0 Å². The van der Waals surface area contributed by atoms with Gasteiger partial charge in [-0.25, -0.2) is 28.1 Å². The Morgan fingerprint density at radius 2 is 1.23 bits per heavy atom. The number of aromatic nitrogens is 3. The van der Waals surface area contributed by atoms with Crippen LogP contribution in [0.2, 0.25) is 0 Å². The molecule has 31 heavy (non-hydrogen) atoms. The summed E-state index contributed by atoms with van der Waals surface area (Å²) in [4.78, 5) is 72.9. The minimum atomic E-state index is -1.01. The lowest BCUT2D eigenvalue weighted by molar-refractivity contribution is -0.116. The number of rotatable bonds is 9. The zero-order valence-electron chi connectivity index (χ0n) is 16.4. The third kappa shape index (κ3) is 4.93. The molecule has 1 aromatic carbocycles. The van der Waals surface area contributed by atoms with Gasteiger partial charge < -0.3 is 16.8 Å². The average molecular weight is 428 g/mol. The summed E-state index contributed by atoms with van der Waals surface area (Å²) < 4.78 is 2.05. The third-order valence-electron chi connectivity index (χ3n) is 4.10. The highest BCUT2D eigenvalue weighted by atomic mass is 16.2. The number of anilines is 1. The van der Waals surface area contributed by atoms with Gasteiger partial charge in [0.2, 0.25) is 17.7 Å². The normalized spacial score (nSPS) is 10.3. The molecular weight excluding hydrogens is 408 g/mol. The van der Waals surface area contributed by atoms with Crippen molar-refractivity contribution in [1.29, 1.82) is 0 Å². The second-order valence-corrected chi connectivity index (χ2v) is 6.31. The van der Waals surface area contributed by atoms with Crippen LogP contribution in [0.5, 0.6) is 0 Å². The maximum Gasteiger partial charge on any atom is 0.337 e. The highest BCUT2D eigenvalue weighted by Crippen LogP contribution is 2.15. The van der Waals surface area contributed by atoms with Crippen molar-refractivity contribution >= 4 is 23.4 Å². The Morgan fingerprint density at radius 3 is 1.61 bits per heavy atom. The lowest BCUT2D eigenvalue weighted by Crippen LogP contribution is -2.55. The van der Waals surface area contributed by atoms with E-state index in [9.17, 15) is 28.8 Å². The molecule has 0 aliphatic rings. The van der Waals surface area contributed by atoms with Crippen LogP contribution in [0.25, 0.3) is 0 Å². The van der Waals surface area contributed by atoms with Gasteiger partial charge in [-0.3, -0.25) is 14.4 Å². The van der Waals surface area contributed by atoms with Crippen LogP contribution in [0.3, 0.4) is 0 Å². The molecule has 0 spiro atoms. The van der Waals surface area contributed by atoms with E-state index in [-0.39, 0.29) is 29.9 Å². The fraction of sp³-hybridized carbons (Fsp3) is 0.158. The van der Waals surface area contributed by atoms with Crippen molar-refractivity contribution in [3.63, 3.8) is 0 Å². The van der Waals surface area contributed by atoms with Crippen LogP contribution in [0.1, 0.15) is 20.7 Å². The van der Waals surface area contributed by atoms with Gasteiger partial charge in [-0.1, -0.05) is 12.2 Å². The van der Waals surface area contributed by atoms with Crippen molar-refractivity contribution < 1.29 is 14.4 Å². The number of nitrogens with zero attached hydrogens (tertiary/aromatic N) is 3. The van der Waals surface area contributed by atoms with E-state index in [1.54, 1.807) is 0 Å². The summed E-state index contributed by atoms with van der Waals surface area (Å²) in [6.45, 7) is 5.80. The first-order chi connectivity index (χ1) is 14.6. The van der Waals surface area contributed by atoms with Crippen LogP contribution in [0.15, 0.2) is 57.9 Å². The van der Waals surface area contributed by atoms with Gasteiger partial charge in [-0.05, 0) is 18.2 Å². The maximum absolute atomic E-state index is 12.6. The number of hydrogen-bond donors (Lipinski definition) is 3. The molecule has 5 N–H and O–H groups in total. The van der Waals surface area contributed by atoms with Crippen molar-refractivity contribution in [3.8, 4) is 0 Å². The van der Waals surface area contributed by atoms with Gasteiger partial charge in [-0.2, -0.15) is 0 Å². The minimum absolute atomic E-state index is 0.00557. The van der Waals surface area contributed by atoms with Gasteiger partial charge in [0.15, 0.2) is 0 Å². The van der Waals surface area contributed by atoms with Crippen molar-refractivity contribution in [1.82, 2.24) is 13.7 Å². The van der Waals surface area contributed by atoms with E-state index < -0.39 is 41.3 Å². The maximum atomic E-state index is 12.6. The quantitative estimate of drug-likeness (QED) is 0.403. The molecule has 0 aliphatic heterocycles. The predicted molar refractivity (Wildman–Crippen MR) is 112 cm³/mol. The Kier molecular flexibility index (Phi) is 6.87. The zero-order valence-corrected chi connectivity index (χ0v) is 16.4. The number of amides is 3. The Hall–Kier alpha value is -4.48. The molecule has 1 aromatic heterocycles. The molecule has 12 nitrogen and oxygen atoms in total. The number of primary amides is 2. The first-order valence-corrected chi connectivity index (χ1v) is 8.81. The number of benzene rings is 1. The molecule has 0 bridgehead atoms. The van der Waals surface area contributed by atoms with Gasteiger partial charge in [0.05, 0.1) is 13.1 Å². The van der Waals surface area contributed by atoms with Gasteiger partial charge >= 0.3 is 17.1 Å². The molecule has 12 heteroatoms. The van der Waals surface area contributed by atoms with Crippen LogP contribution in [-0.4, -0.2) is 31.4 Å². The van der Waals surface area contributed by atoms with Crippen LogP contribution >= 0.6 is 0 Å². The second kappa shape index (κ2) is 9.35. The van der Waals surface area contributed by atoms with Crippen molar-refractivity contribution in [3.05, 3.63) is 86.1 Å². The molecule has 2 rings (SSSR count). The highest BCUT2D eigenvalue weighted by Gasteiger charge is 2.17. The summed E-state index contributed by atoms with van der Waals surface area (Å²) in [7, 11) is 0. The minimum Gasteiger partial charge on any atom is -0.366 e. The summed E-state index contributed by atoms with van der Waals surface area (Å²) >= 11 is 0. The Bertz CT molecular complexity index is 1190. The van der Waals surface area contributed by atoms with Crippen molar-refractivity contribution in [2.24, 2.45) is 11.5 Å². The van der Waals surface area contributed by atoms with Crippen molar-refractivity contribution in [2.45, 2.75) is 19.6 Å². The van der Waals surface area contributed by atoms with Crippen LogP contribution in [-0.2, 0) is 24.4 Å². The largest absolute Gasteiger partial charge is 0.366 e. The van der Waals surface area contributed by atoms with E-state index >= 15 is 0 Å². The van der Waals surface area contributed by atoms with Crippen molar-refractivity contribution in [2.75, 3.05) is 5.32 Å². The van der Waals surface area contributed by atoms with E-state index in [0.717, 1.165) is 15.2 Å². The van der Waals surface area contributed by atoms with E-state index in [1.807, 2.05) is 0 Å². The standard InChI is InChI=1S/C19H20N6O6/c1-3-5-23-17(29)24(6-4-2)19(31)25(18(23)30)10-14(26)22-13-8-11(15(20)27)7-12(9-13)16(21)28/h3-4,7-9H,1-2,5-6,10H2,(H2,20,27)(H2,21,28)(H,22,26). The molecule has 1 heterocycles. The fourth-order valence-electron chi connectivity index (χ4n) is 2.72. The van der Waals surface area contributed by atoms with E-state index in [1.165, 1.54) is 24.3 Å². The molecule has 0 aliphatic carbocycles. The summed E-state index contributed by atoms with van der Waals surface area (Å²) in [6.07, 6.45) is 2.58. The number of allylic oxidation sites excluding steroid dienone is 2. The number of hydrogen-bond acceptors (Lipinski definition) is 6. The molecule has 0 radical (unpaired) electrons. The summed E-state index contributed by atoms with van der Waals surface area (Å²) in [5.74, 6) is -2.57. The van der Waals surface area contributed by atoms with Gasteiger partial charge in [-0.15, -0.1) is 13.2 Å². The number of nitrogens with two attached hydrogens (primary N) is 2. The molecule has 0 atom stereocenters. The first-order valence-electron chi connectivity index (χ1n) is 8.81. The molecule has 3 amide bonds. The van der Waals surface area contributed by atoms with E-state index in [2.05, 4.69) is 18.5 Å². The SMILES string of the molecule is C=CCn1c(=O)n(CC=C)c(=O)n(CC(=O)Nc2cc(C(N)=O)cc(C(N)=O)c2)c1=O. The topological polar surface area (TPSA) is 181 Å². The highest BCUT2D eigenvalue weighted by molar-refractivity contribution is 6.01. The molecule has 0 saturated carbocycles. The predicted octanol–water partition coefficient (Wildman–Crippen LogP) is -1.62. The monoisotopic (exact) mass is 428 g/mol. The van der Waals surface area contributed by atoms with E-state index in [4.69, 9.17) is 11.5 Å². The number of nitrogens with one attached hydrogen (secondary N) is 1. The summed E-state index contributed by atoms with van der Waals surface area (Å²) in [6, 6.07) is 3.55. The molecule has 2 aromatic rings. The second-order valence-electron chi connectivity index (χ2n) is 6.31. The van der Waals surface area contributed by atoms with Gasteiger partial charge in [0.1, 0.15) is 6.54 Å². The Morgan fingerprint density at radius 1 is 0.806 bits per heavy atom. The van der Waals surface area contributed by atoms with Crippen LogP contribution < -0.4 is 33.9 Å². The van der Waals surface area contributed by atoms with E-state index in [0.29, 0.717) is 4.57 Å². The first kappa shape index (κ1) is 22.8. The lowest BCUT2D eigenvalue weighted by atomic mass is 10.1. The molecule has 0 unspecified atom stereocenters. The number of carbonyl (C=O) groups is 3. The molecule has 0 fully saturated rings. The molecule has 0 saturated heterocycles. The fourth-order valence-corrected chi connectivity index (χ4v) is 2.72. The van der Waals surface area contributed by atoms with Crippen LogP contribution in [0.4, 0.5) is 5.69 Å². The smallest absolute Gasteiger partial charge is 0.337 e. The lowest BCUT2D eigenvalue weighted by Gasteiger charge is -2.13. The van der Waals surface area contributed by atoms with Gasteiger partial charge in [0, 0.05) is 16.8 Å². The summed E-state index contributed by atoms with van der Waals surface area (Å²) in [5, 5.41) is 2.36. The Balaban J connectivity index is 2.48. The summed E-state index contributed by atoms with van der Waals surface area (Å²) in [5.41, 5.74) is 7.36. The zero-order chi connectivity index (χ0) is 23.3. The van der Waals surface area contributed by atoms with Crippen LogP contribution in [0, 0.1) is 0 Å². The average Bonchev–Trinajstić information content (AvgIpc) is 2.71. The number of carbonyl (C=O) groups excluding carboxylic acids is 3. The Labute approximate surface area is 174 Å². The molecule has 162 valence electrons. The third-order valence-corrected chi connectivity index (χ3v) is 4.10. The molecular formula is C19H20N6O6.